The number of benzene rings is 2. The number of nitro groups is 1. The third-order valence-electron chi connectivity index (χ3n) is 5.42. The van der Waals surface area contributed by atoms with Gasteiger partial charge in [0.1, 0.15) is 4.92 Å². The molecule has 3 amide bonds. The van der Waals surface area contributed by atoms with E-state index in [0.29, 0.717) is 11.2 Å². The molecular formula is C24H17N5O6S. The maximum Gasteiger partial charge on any atom is 0.433 e. The summed E-state index contributed by atoms with van der Waals surface area (Å²) in [4.78, 5) is 53.4. The summed E-state index contributed by atoms with van der Waals surface area (Å²) >= 11 is 1.26. The molecule has 1 aliphatic heterocycles. The predicted octanol–water partition coefficient (Wildman–Crippen LogP) is 4.44. The van der Waals surface area contributed by atoms with Crippen molar-refractivity contribution in [1.82, 2.24) is 4.98 Å². The van der Waals surface area contributed by atoms with Crippen molar-refractivity contribution >= 4 is 62.2 Å². The largest absolute Gasteiger partial charge is 0.433 e. The Balaban J connectivity index is 1.49. The molecule has 5 rings (SSSR count). The average Bonchev–Trinajstić information content (AvgIpc) is 3.58. The summed E-state index contributed by atoms with van der Waals surface area (Å²) in [7, 11) is 0. The molecule has 1 fully saturated rings. The van der Waals surface area contributed by atoms with E-state index in [2.05, 4.69) is 10.1 Å². The fourth-order valence-corrected chi connectivity index (χ4v) is 4.68. The molecule has 3 heterocycles. The predicted molar refractivity (Wildman–Crippen MR) is 132 cm³/mol. The molecule has 0 unspecified atom stereocenters. The van der Waals surface area contributed by atoms with Crippen LogP contribution in [-0.4, -0.2) is 33.8 Å². The van der Waals surface area contributed by atoms with Gasteiger partial charge in [0.2, 0.25) is 16.9 Å². The topological polar surface area (TPSA) is 139 Å². The van der Waals surface area contributed by atoms with Gasteiger partial charge in [0, 0.05) is 18.4 Å². The lowest BCUT2D eigenvalue weighted by molar-refractivity contribution is -0.402. The Morgan fingerprint density at radius 1 is 1.14 bits per heavy atom. The van der Waals surface area contributed by atoms with E-state index >= 15 is 0 Å². The van der Waals surface area contributed by atoms with E-state index < -0.39 is 16.7 Å². The number of hydrazone groups is 1. The van der Waals surface area contributed by atoms with E-state index in [1.54, 1.807) is 0 Å². The normalized spacial score (nSPS) is 13.8. The zero-order chi connectivity index (χ0) is 25.4. The third-order valence-corrected chi connectivity index (χ3v) is 6.42. The maximum atomic E-state index is 13.5. The summed E-state index contributed by atoms with van der Waals surface area (Å²) in [6.45, 7) is 1.95. The molecule has 1 saturated heterocycles. The van der Waals surface area contributed by atoms with Gasteiger partial charge >= 0.3 is 5.88 Å². The Bertz CT molecular complexity index is 1540. The number of nitrogens with zero attached hydrogens (tertiary/aromatic N) is 5. The van der Waals surface area contributed by atoms with Crippen molar-refractivity contribution in [3.63, 3.8) is 0 Å². The molecule has 0 bridgehead atoms. The lowest BCUT2D eigenvalue weighted by Crippen LogP contribution is -2.29. The van der Waals surface area contributed by atoms with Gasteiger partial charge in [-0.3, -0.25) is 29.4 Å². The number of amides is 3. The number of hydrogen-bond donors (Lipinski definition) is 0. The number of aromatic nitrogens is 1. The van der Waals surface area contributed by atoms with Gasteiger partial charge in [0.15, 0.2) is 5.76 Å². The highest BCUT2D eigenvalue weighted by Crippen LogP contribution is 2.31. The van der Waals surface area contributed by atoms with E-state index in [9.17, 15) is 24.5 Å². The van der Waals surface area contributed by atoms with Gasteiger partial charge in [-0.15, -0.1) is 0 Å². The quantitative estimate of drug-likeness (QED) is 0.164. The van der Waals surface area contributed by atoms with Crippen molar-refractivity contribution < 1.29 is 23.7 Å². The average molecular weight is 503 g/mol. The molecular weight excluding hydrogens is 486 g/mol. The zero-order valence-corrected chi connectivity index (χ0v) is 19.6. The van der Waals surface area contributed by atoms with Crippen LogP contribution in [0.4, 0.5) is 16.7 Å². The van der Waals surface area contributed by atoms with Crippen LogP contribution in [0.25, 0.3) is 10.2 Å². The molecule has 0 aliphatic carbocycles. The number of hydrogen-bond acceptors (Lipinski definition) is 9. The van der Waals surface area contributed by atoms with Crippen LogP contribution < -0.4 is 9.91 Å². The summed E-state index contributed by atoms with van der Waals surface area (Å²) < 4.78 is 5.97. The highest BCUT2D eigenvalue weighted by molar-refractivity contribution is 7.22. The molecule has 12 heteroatoms. The summed E-state index contributed by atoms with van der Waals surface area (Å²) in [5.41, 5.74) is 2.33. The molecule has 2 aromatic heterocycles. The molecule has 11 nitrogen and oxygen atoms in total. The van der Waals surface area contributed by atoms with E-state index in [-0.39, 0.29) is 41.1 Å². The summed E-state index contributed by atoms with van der Waals surface area (Å²) in [6.07, 6.45) is 1.51. The monoisotopic (exact) mass is 503 g/mol. The van der Waals surface area contributed by atoms with Crippen molar-refractivity contribution in [1.29, 1.82) is 0 Å². The molecule has 180 valence electrons. The minimum Gasteiger partial charge on any atom is -0.400 e. The number of furan rings is 1. The molecule has 0 N–H and O–H groups in total. The second-order valence-corrected chi connectivity index (χ2v) is 8.94. The number of carbonyl (C=O) groups is 3. The van der Waals surface area contributed by atoms with E-state index in [0.717, 1.165) is 20.2 Å². The number of fused-ring (bicyclic) bond motifs is 1. The van der Waals surface area contributed by atoms with E-state index in [4.69, 9.17) is 4.42 Å². The lowest BCUT2D eigenvalue weighted by Gasteiger charge is -2.16. The fraction of sp³-hybridized carbons (Fsp3) is 0.125. The van der Waals surface area contributed by atoms with Crippen LogP contribution in [0.3, 0.4) is 0 Å². The molecule has 0 saturated carbocycles. The Labute approximate surface area is 207 Å². The molecule has 0 spiro atoms. The maximum absolute atomic E-state index is 13.5. The molecule has 2 aromatic carbocycles. The fourth-order valence-electron chi connectivity index (χ4n) is 3.66. The van der Waals surface area contributed by atoms with Crippen LogP contribution >= 0.6 is 11.3 Å². The van der Waals surface area contributed by atoms with Gasteiger partial charge < -0.3 is 4.42 Å². The second-order valence-electron chi connectivity index (χ2n) is 7.93. The minimum absolute atomic E-state index is 0.0814. The lowest BCUT2D eigenvalue weighted by atomic mass is 10.2. The Hall–Kier alpha value is -4.71. The van der Waals surface area contributed by atoms with Gasteiger partial charge in [0.25, 0.3) is 5.91 Å². The van der Waals surface area contributed by atoms with Crippen molar-refractivity contribution in [3.05, 3.63) is 81.6 Å². The van der Waals surface area contributed by atoms with Crippen molar-refractivity contribution in [2.75, 3.05) is 9.91 Å². The second kappa shape index (κ2) is 9.15. The number of imide groups is 1. The first-order chi connectivity index (χ1) is 17.3. The molecule has 36 heavy (non-hydrogen) atoms. The highest BCUT2D eigenvalue weighted by Gasteiger charge is 2.30. The molecule has 0 atom stereocenters. The van der Waals surface area contributed by atoms with Crippen molar-refractivity contribution in [2.45, 2.75) is 19.8 Å². The number of thiazole rings is 1. The molecule has 0 radical (unpaired) electrons. The van der Waals surface area contributed by atoms with Crippen molar-refractivity contribution in [2.24, 2.45) is 5.10 Å². The van der Waals surface area contributed by atoms with Gasteiger partial charge in [-0.1, -0.05) is 17.4 Å². The smallest absolute Gasteiger partial charge is 0.400 e. The zero-order valence-electron chi connectivity index (χ0n) is 18.8. The standard InChI is InChI=1S/C24H17N5O6S/c1-14-2-8-18-19(12-14)36-24(26-18)28(25-13-17-7-11-22(35-17)29(33)34)23(32)15-3-5-16(6-4-15)27-20(30)9-10-21(27)31/h2-8,11-13H,9-10H2,1H3/b25-13+. The van der Waals surface area contributed by atoms with Crippen LogP contribution in [0.5, 0.6) is 0 Å². The summed E-state index contributed by atoms with van der Waals surface area (Å²) in [5.74, 6) is -1.48. The van der Waals surface area contributed by atoms with E-state index in [1.165, 1.54) is 53.9 Å². The van der Waals surface area contributed by atoms with Gasteiger partial charge in [-0.05, 0) is 55.0 Å². The van der Waals surface area contributed by atoms with Gasteiger partial charge in [-0.2, -0.15) is 10.1 Å². The highest BCUT2D eigenvalue weighted by atomic mass is 32.1. The summed E-state index contributed by atoms with van der Waals surface area (Å²) in [5, 5.41) is 16.5. The van der Waals surface area contributed by atoms with Crippen LogP contribution in [0.15, 0.2) is 64.1 Å². The number of anilines is 2. The van der Waals surface area contributed by atoms with Gasteiger partial charge in [0.05, 0.1) is 28.2 Å². The first-order valence-corrected chi connectivity index (χ1v) is 11.6. The van der Waals surface area contributed by atoms with E-state index in [1.807, 2.05) is 25.1 Å². The Morgan fingerprint density at radius 3 is 2.53 bits per heavy atom. The summed E-state index contributed by atoms with van der Waals surface area (Å²) in [6, 6.07) is 14.3. The SMILES string of the molecule is Cc1ccc2nc(N(/N=C/c3ccc([N+](=O)[O-])o3)C(=O)c3ccc(N4C(=O)CCC4=O)cc3)sc2c1. The number of rotatable bonds is 6. The molecule has 4 aromatic rings. The third kappa shape index (κ3) is 4.36. The first-order valence-electron chi connectivity index (χ1n) is 10.8. The van der Waals surface area contributed by atoms with Crippen molar-refractivity contribution in [3.8, 4) is 0 Å². The van der Waals surface area contributed by atoms with Crippen LogP contribution in [0.2, 0.25) is 0 Å². The van der Waals surface area contributed by atoms with Crippen LogP contribution in [0, 0.1) is 17.0 Å². The number of carbonyl (C=O) groups excluding carboxylic acids is 3. The van der Waals surface area contributed by atoms with Crippen LogP contribution in [-0.2, 0) is 9.59 Å². The van der Waals surface area contributed by atoms with Crippen LogP contribution in [0.1, 0.15) is 34.5 Å². The Morgan fingerprint density at radius 2 is 1.86 bits per heavy atom. The minimum atomic E-state index is -0.673. The first kappa shape index (κ1) is 23.1. The Kier molecular flexibility index (Phi) is 5.86. The van der Waals surface area contributed by atoms with Gasteiger partial charge in [-0.25, -0.2) is 4.98 Å². The molecule has 1 aliphatic rings. The number of aryl methyl sites for hydroxylation is 1.